The van der Waals surface area contributed by atoms with Crippen molar-refractivity contribution in [3.8, 4) is 0 Å². The van der Waals surface area contributed by atoms with Crippen molar-refractivity contribution in [2.24, 2.45) is 0 Å². The van der Waals surface area contributed by atoms with Crippen LogP contribution in [0.25, 0.3) is 0 Å². The van der Waals surface area contributed by atoms with E-state index >= 15 is 0 Å². The summed E-state index contributed by atoms with van der Waals surface area (Å²) in [4.78, 5) is 37.6. The Morgan fingerprint density at radius 1 is 0.383 bits per heavy atom. The lowest BCUT2D eigenvalue weighted by Crippen LogP contribution is -2.40. The molecule has 2 unspecified atom stereocenters. The number of allylic oxidation sites excluding steroid dienone is 16. The smallest absolute Gasteiger partial charge is 0.361 e. The van der Waals surface area contributed by atoms with Crippen LogP contribution in [0.2, 0.25) is 0 Å². The lowest BCUT2D eigenvalue weighted by molar-refractivity contribution is -0.870. The van der Waals surface area contributed by atoms with Gasteiger partial charge in [0.15, 0.2) is 6.10 Å². The fraction of sp³-hybridized carbons (Fsp3) is 0.736. The Morgan fingerprint density at radius 2 is 0.704 bits per heavy atom. The molecule has 0 aliphatic rings. The van der Waals surface area contributed by atoms with Crippen LogP contribution in [-0.2, 0) is 33.3 Å². The number of carbonyl (C=O) groups is 3. The van der Waals surface area contributed by atoms with E-state index in [2.05, 4.69) is 111 Å². The molecule has 0 heterocycles. The molecule has 2 atom stereocenters. The number of rotatable bonds is 61. The zero-order valence-corrected chi connectivity index (χ0v) is 53.2. The van der Waals surface area contributed by atoms with Gasteiger partial charge in [0.1, 0.15) is 13.2 Å². The van der Waals surface area contributed by atoms with Crippen LogP contribution in [0.1, 0.15) is 284 Å². The molecule has 0 bridgehead atoms. The minimum absolute atomic E-state index is 0.185. The van der Waals surface area contributed by atoms with Crippen LogP contribution >= 0.6 is 0 Å². The number of hydrogen-bond donors (Lipinski definition) is 1. The molecule has 0 aliphatic heterocycles. The second-order valence-corrected chi connectivity index (χ2v) is 23.4. The van der Waals surface area contributed by atoms with E-state index in [0.717, 1.165) is 83.5 Å². The van der Waals surface area contributed by atoms with E-state index in [1.165, 1.54) is 173 Å². The first-order chi connectivity index (χ1) is 39.6. The summed E-state index contributed by atoms with van der Waals surface area (Å²) in [7, 11) is 5.97. The number of hydrogen-bond acceptors (Lipinski definition) is 7. The van der Waals surface area contributed by atoms with Gasteiger partial charge >= 0.3 is 17.9 Å². The Bertz CT molecular complexity index is 1650. The normalized spacial score (nSPS) is 13.3. The summed E-state index contributed by atoms with van der Waals surface area (Å²) in [6, 6.07) is 0. The molecule has 0 saturated carbocycles. The Labute approximate surface area is 499 Å². The van der Waals surface area contributed by atoms with Crippen molar-refractivity contribution in [2.45, 2.75) is 296 Å². The first-order valence-electron chi connectivity index (χ1n) is 33.4. The molecular formula is C72H126NO8+. The Kier molecular flexibility index (Phi) is 59.3. The first-order valence-corrected chi connectivity index (χ1v) is 33.4. The van der Waals surface area contributed by atoms with Gasteiger partial charge in [-0.2, -0.15) is 0 Å². The molecule has 0 aromatic rings. The molecule has 9 heteroatoms. The van der Waals surface area contributed by atoms with E-state index in [9.17, 15) is 19.5 Å². The molecule has 0 radical (unpaired) electrons. The van der Waals surface area contributed by atoms with Gasteiger partial charge in [0, 0.05) is 12.8 Å². The van der Waals surface area contributed by atoms with Gasteiger partial charge in [0.2, 0.25) is 0 Å². The molecule has 0 spiro atoms. The van der Waals surface area contributed by atoms with Crippen LogP contribution in [0.15, 0.2) is 97.2 Å². The van der Waals surface area contributed by atoms with E-state index in [1.807, 2.05) is 21.1 Å². The topological polar surface area (TPSA) is 108 Å². The molecule has 0 rings (SSSR count). The lowest BCUT2D eigenvalue weighted by atomic mass is 10.0. The first kappa shape index (κ1) is 77.2. The fourth-order valence-corrected chi connectivity index (χ4v) is 9.23. The van der Waals surface area contributed by atoms with Crippen molar-refractivity contribution in [1.29, 1.82) is 0 Å². The van der Waals surface area contributed by atoms with E-state index in [-0.39, 0.29) is 32.2 Å². The van der Waals surface area contributed by atoms with Crippen molar-refractivity contribution in [3.63, 3.8) is 0 Å². The molecule has 0 aromatic heterocycles. The number of aliphatic carboxylic acids is 1. The quantitative estimate of drug-likeness (QED) is 0.0211. The maximum Gasteiger partial charge on any atom is 0.361 e. The third-order valence-corrected chi connectivity index (χ3v) is 14.3. The van der Waals surface area contributed by atoms with Crippen molar-refractivity contribution in [2.75, 3.05) is 47.5 Å². The number of carbonyl (C=O) groups excluding carboxylic acids is 2. The molecule has 0 fully saturated rings. The highest BCUT2D eigenvalue weighted by atomic mass is 16.7. The summed E-state index contributed by atoms with van der Waals surface area (Å²) in [5, 5.41) is 9.73. The summed E-state index contributed by atoms with van der Waals surface area (Å²) in [6.07, 6.45) is 82.2. The molecule has 0 aromatic carbocycles. The number of unbranched alkanes of at least 4 members (excludes halogenated alkanes) is 30. The molecule has 9 nitrogen and oxygen atoms in total. The number of ether oxygens (including phenoxy) is 4. The van der Waals surface area contributed by atoms with Crippen LogP contribution in [0.5, 0.6) is 0 Å². The van der Waals surface area contributed by atoms with Gasteiger partial charge in [0.05, 0.1) is 34.4 Å². The Morgan fingerprint density at radius 3 is 1.05 bits per heavy atom. The summed E-state index contributed by atoms with van der Waals surface area (Å²) in [6.45, 7) is 4.77. The Balaban J connectivity index is 4.12. The molecule has 0 amide bonds. The van der Waals surface area contributed by atoms with Crippen LogP contribution in [0, 0.1) is 0 Å². The zero-order chi connectivity index (χ0) is 59.1. The monoisotopic (exact) mass is 1130 g/mol. The predicted octanol–water partition coefficient (Wildman–Crippen LogP) is 20.5. The summed E-state index contributed by atoms with van der Waals surface area (Å²) < 4.78 is 23.0. The fourth-order valence-electron chi connectivity index (χ4n) is 9.23. The maximum atomic E-state index is 12.9. The SMILES string of the molecule is CC/C=C\C/C=C\C/C=C\C/C=C\C/C=C\C/C=C\CCCCCCCCCCCCCCCCCCC(=O)OC(COC(=O)CCCCCCCCCCC/C=C\C/C=C\CCCCCCC)COC(OCC[N+](C)(C)C)C(=O)O. The van der Waals surface area contributed by atoms with Crippen molar-refractivity contribution >= 4 is 17.9 Å². The summed E-state index contributed by atoms with van der Waals surface area (Å²) >= 11 is 0. The molecule has 81 heavy (non-hydrogen) atoms. The van der Waals surface area contributed by atoms with E-state index < -0.39 is 24.3 Å². The molecular weight excluding hydrogens is 1010 g/mol. The number of esters is 2. The number of nitrogens with zero attached hydrogens (tertiary/aromatic N) is 1. The maximum absolute atomic E-state index is 12.9. The van der Waals surface area contributed by atoms with Gasteiger partial charge in [-0.3, -0.25) is 9.59 Å². The summed E-state index contributed by atoms with van der Waals surface area (Å²) in [5.74, 6) is -2.00. The van der Waals surface area contributed by atoms with E-state index in [0.29, 0.717) is 17.4 Å². The molecule has 0 aliphatic carbocycles. The van der Waals surface area contributed by atoms with Crippen molar-refractivity contribution in [3.05, 3.63) is 97.2 Å². The van der Waals surface area contributed by atoms with Gasteiger partial charge in [0.25, 0.3) is 6.29 Å². The molecule has 1 N–H and O–H groups in total. The van der Waals surface area contributed by atoms with Gasteiger partial charge in [-0.25, -0.2) is 4.79 Å². The van der Waals surface area contributed by atoms with Crippen LogP contribution in [-0.4, -0.2) is 87.4 Å². The minimum Gasteiger partial charge on any atom is -0.477 e. The van der Waals surface area contributed by atoms with Crippen molar-refractivity contribution < 1.29 is 42.9 Å². The van der Waals surface area contributed by atoms with Crippen molar-refractivity contribution in [1.82, 2.24) is 0 Å². The second kappa shape index (κ2) is 62.3. The zero-order valence-electron chi connectivity index (χ0n) is 53.2. The Hall–Kier alpha value is -3.79. The average Bonchev–Trinajstić information content (AvgIpc) is 3.44. The highest BCUT2D eigenvalue weighted by Crippen LogP contribution is 2.17. The number of carboxylic acid groups (broad SMARTS) is 1. The highest BCUT2D eigenvalue weighted by molar-refractivity contribution is 5.71. The van der Waals surface area contributed by atoms with Crippen LogP contribution in [0.3, 0.4) is 0 Å². The van der Waals surface area contributed by atoms with Gasteiger partial charge in [-0.05, 0) is 96.3 Å². The van der Waals surface area contributed by atoms with Gasteiger partial charge in [-0.1, -0.05) is 272 Å². The highest BCUT2D eigenvalue weighted by Gasteiger charge is 2.25. The standard InChI is InChI=1S/C72H125NO8/c1-6-8-10-12-14-16-18-20-22-24-26-28-29-30-31-32-33-34-35-36-37-38-39-40-41-43-45-47-49-51-53-55-57-59-61-63-70(75)81-68(67-80-72(71(76)77)78-65-64-73(3,4)5)66-79-69(74)62-60-58-56-54-52-50-48-46-44-42-27-25-23-21-19-17-15-13-11-9-7-2/h8,10,14,16,19-22,25-28,30-31,33-34,68,72H,6-7,9,11-13,15,17-18,23-24,29,32,35-67H2,1-5H3/p+1/b10-8-,16-14-,21-19-,22-20-,27-25-,28-26-,31-30-,34-33-. The van der Waals surface area contributed by atoms with E-state index in [4.69, 9.17) is 18.9 Å². The molecule has 466 valence electrons. The predicted molar refractivity (Wildman–Crippen MR) is 345 cm³/mol. The lowest BCUT2D eigenvalue weighted by Gasteiger charge is -2.25. The van der Waals surface area contributed by atoms with Crippen LogP contribution < -0.4 is 0 Å². The van der Waals surface area contributed by atoms with Crippen LogP contribution in [0.4, 0.5) is 0 Å². The number of quaternary nitrogens is 1. The van der Waals surface area contributed by atoms with Gasteiger partial charge < -0.3 is 28.5 Å². The molecule has 0 saturated heterocycles. The largest absolute Gasteiger partial charge is 0.477 e. The second-order valence-electron chi connectivity index (χ2n) is 23.4. The minimum atomic E-state index is -1.51. The summed E-state index contributed by atoms with van der Waals surface area (Å²) in [5.41, 5.74) is 0. The third-order valence-electron chi connectivity index (χ3n) is 14.3. The van der Waals surface area contributed by atoms with E-state index in [1.54, 1.807) is 0 Å². The number of likely N-dealkylation sites (N-methyl/N-ethyl adjacent to an activating group) is 1. The van der Waals surface area contributed by atoms with Gasteiger partial charge in [-0.15, -0.1) is 0 Å². The third kappa shape index (κ3) is 63.6. The average molecular weight is 1130 g/mol. The number of carboxylic acids is 1.